The predicted molar refractivity (Wildman–Crippen MR) is 203 cm³/mol. The summed E-state index contributed by atoms with van der Waals surface area (Å²) in [7, 11) is 3.34. The zero-order chi connectivity index (χ0) is 39.8. The summed E-state index contributed by atoms with van der Waals surface area (Å²) in [5, 5.41) is 14.9. The first-order valence-corrected chi connectivity index (χ1v) is 19.0. The summed E-state index contributed by atoms with van der Waals surface area (Å²) in [6.07, 6.45) is -0.299. The molecule has 2 N–H and O–H groups in total. The number of aliphatic hydroxyl groups is 1. The largest absolute Gasteiger partial charge is 0.460 e. The number of nitrogens with zero attached hydrogens (tertiary/aromatic N) is 2. The summed E-state index contributed by atoms with van der Waals surface area (Å²) >= 11 is 0. The van der Waals surface area contributed by atoms with Crippen LogP contribution in [0.2, 0.25) is 0 Å². The number of hydrogen-bond donors (Lipinski definition) is 2. The van der Waals surface area contributed by atoms with Crippen molar-refractivity contribution in [3.05, 3.63) is 113 Å². The van der Waals surface area contributed by atoms with Crippen LogP contribution in [0.4, 0.5) is 0 Å². The summed E-state index contributed by atoms with van der Waals surface area (Å²) in [4.78, 5) is 62.3. The zero-order valence-corrected chi connectivity index (χ0v) is 32.3. The molecule has 3 heterocycles. The average molecular weight is 768 g/mol. The van der Waals surface area contributed by atoms with Crippen LogP contribution in [0.5, 0.6) is 0 Å². The van der Waals surface area contributed by atoms with Crippen molar-refractivity contribution in [2.75, 3.05) is 20.7 Å². The molecule has 7 atom stereocenters. The maximum Gasteiger partial charge on any atom is 0.327 e. The minimum absolute atomic E-state index is 0.0425. The third kappa shape index (κ3) is 7.49. The molecule has 3 aromatic carbocycles. The highest BCUT2D eigenvalue weighted by molar-refractivity contribution is 5.94. The second-order valence-corrected chi connectivity index (χ2v) is 16.0. The van der Waals surface area contributed by atoms with Gasteiger partial charge in [-0.1, -0.05) is 84.9 Å². The zero-order valence-electron chi connectivity index (χ0n) is 32.3. The van der Waals surface area contributed by atoms with Gasteiger partial charge in [-0.3, -0.25) is 24.0 Å². The normalized spacial score (nSPS) is 27.0. The van der Waals surface area contributed by atoms with E-state index in [1.54, 1.807) is 40.9 Å². The van der Waals surface area contributed by atoms with Crippen LogP contribution in [-0.4, -0.2) is 102 Å². The minimum atomic E-state index is -1.54. The summed E-state index contributed by atoms with van der Waals surface area (Å²) in [6, 6.07) is 24.4. The van der Waals surface area contributed by atoms with E-state index in [1.807, 2.05) is 84.9 Å². The number of rotatable bonds is 12. The van der Waals surface area contributed by atoms with Crippen molar-refractivity contribution in [1.82, 2.24) is 15.3 Å². The molecule has 296 valence electrons. The van der Waals surface area contributed by atoms with Crippen LogP contribution in [0.1, 0.15) is 62.3 Å². The number of carbonyl (C=O) groups excluding carboxylic acids is 4. The Morgan fingerprint density at radius 3 is 2.27 bits per heavy atom. The minimum Gasteiger partial charge on any atom is -0.460 e. The fourth-order valence-electron chi connectivity index (χ4n) is 8.19. The van der Waals surface area contributed by atoms with E-state index in [0.29, 0.717) is 11.1 Å². The standard InChI is InChI=1S/C43H49N3O10/c1-41(2,3)53-34(49)22-20-31(26-47)44-40(51)42-24-32-35-36(55-43(54-35,29-15-8-6-9-16-29)30-17-10-7-11-18-30)38(42)56-46(37(42)39(50)52-32)25-28-14-12-13-27(23-28)19-21-33(48)45(4)5/h6-19,21,23,31-32,35-38,47H,20,22,24-26H2,1-5H3,(H,44,51)/t31-,32-,35-,36-,37-,38+,42-/m0/s1. The highest BCUT2D eigenvalue weighted by atomic mass is 16.8. The number of aliphatic hydroxyl groups excluding tert-OH is 1. The predicted octanol–water partition coefficient (Wildman–Crippen LogP) is 3.87. The van der Waals surface area contributed by atoms with Gasteiger partial charge in [-0.25, -0.2) is 0 Å². The molecule has 1 saturated carbocycles. The summed E-state index contributed by atoms with van der Waals surface area (Å²) < 4.78 is 25.6. The number of benzene rings is 3. The summed E-state index contributed by atoms with van der Waals surface area (Å²) in [5.41, 5.74) is 0.706. The number of carbonyl (C=O) groups is 4. The molecule has 13 nitrogen and oxygen atoms in total. The van der Waals surface area contributed by atoms with Crippen LogP contribution >= 0.6 is 0 Å². The second kappa shape index (κ2) is 15.5. The van der Waals surface area contributed by atoms with Gasteiger partial charge in [0.2, 0.25) is 17.6 Å². The quantitative estimate of drug-likeness (QED) is 0.204. The third-order valence-electron chi connectivity index (χ3n) is 10.7. The molecule has 2 amide bonds. The van der Waals surface area contributed by atoms with Gasteiger partial charge in [-0.15, -0.1) is 0 Å². The number of hydrogen-bond acceptors (Lipinski definition) is 11. The Morgan fingerprint density at radius 2 is 1.64 bits per heavy atom. The molecule has 3 aromatic rings. The lowest BCUT2D eigenvalue weighted by Gasteiger charge is -2.49. The molecule has 3 aliphatic heterocycles. The highest BCUT2D eigenvalue weighted by Gasteiger charge is 2.76. The van der Waals surface area contributed by atoms with Gasteiger partial charge < -0.3 is 34.3 Å². The van der Waals surface area contributed by atoms with Gasteiger partial charge in [0.15, 0.2) is 6.04 Å². The fourth-order valence-corrected chi connectivity index (χ4v) is 8.19. The molecular weight excluding hydrogens is 718 g/mol. The van der Waals surface area contributed by atoms with Crippen LogP contribution < -0.4 is 5.32 Å². The first-order valence-electron chi connectivity index (χ1n) is 19.0. The Labute approximate surface area is 326 Å². The molecule has 3 saturated heterocycles. The lowest BCUT2D eigenvalue weighted by Crippen LogP contribution is -2.70. The highest BCUT2D eigenvalue weighted by Crippen LogP contribution is 2.59. The van der Waals surface area contributed by atoms with Gasteiger partial charge in [-0.2, -0.15) is 5.06 Å². The maximum atomic E-state index is 14.9. The summed E-state index contributed by atoms with van der Waals surface area (Å²) in [5.74, 6) is -3.23. The fraction of sp³-hybridized carbons (Fsp3) is 0.442. The Balaban J connectivity index is 1.25. The van der Waals surface area contributed by atoms with Crippen molar-refractivity contribution >= 4 is 29.8 Å². The molecule has 4 fully saturated rings. The Bertz CT molecular complexity index is 1930. The molecule has 0 spiro atoms. The van der Waals surface area contributed by atoms with Crippen molar-refractivity contribution in [2.45, 2.75) is 94.5 Å². The maximum absolute atomic E-state index is 14.9. The molecule has 7 rings (SSSR count). The molecule has 2 bridgehead atoms. The first-order chi connectivity index (χ1) is 26.7. The lowest BCUT2D eigenvalue weighted by atomic mass is 9.62. The number of esters is 2. The molecule has 13 heteroatoms. The van der Waals surface area contributed by atoms with Gasteiger partial charge in [0.25, 0.3) is 0 Å². The van der Waals surface area contributed by atoms with Gasteiger partial charge >= 0.3 is 11.9 Å². The monoisotopic (exact) mass is 767 g/mol. The van der Waals surface area contributed by atoms with E-state index < -0.39 is 77.8 Å². The Kier molecular flexibility index (Phi) is 10.9. The van der Waals surface area contributed by atoms with Crippen molar-refractivity contribution < 1.29 is 48.1 Å². The van der Waals surface area contributed by atoms with Crippen LogP contribution in [-0.2, 0) is 55.3 Å². The number of ether oxygens (including phenoxy) is 4. The number of amides is 2. The number of likely N-dealkylation sites (N-methyl/N-ethyl adjacent to an activating group) is 1. The molecule has 0 radical (unpaired) electrons. The van der Waals surface area contributed by atoms with Crippen molar-refractivity contribution in [3.63, 3.8) is 0 Å². The van der Waals surface area contributed by atoms with E-state index in [9.17, 15) is 24.3 Å². The van der Waals surface area contributed by atoms with E-state index in [0.717, 1.165) is 11.1 Å². The topological polar surface area (TPSA) is 153 Å². The molecule has 56 heavy (non-hydrogen) atoms. The van der Waals surface area contributed by atoms with Gasteiger partial charge in [0.05, 0.1) is 19.2 Å². The van der Waals surface area contributed by atoms with Gasteiger partial charge in [0.1, 0.15) is 35.4 Å². The second-order valence-electron chi connectivity index (χ2n) is 16.0. The van der Waals surface area contributed by atoms with Crippen LogP contribution in [0, 0.1) is 5.41 Å². The lowest BCUT2D eigenvalue weighted by molar-refractivity contribution is -0.213. The molecule has 0 unspecified atom stereocenters. The first kappa shape index (κ1) is 39.3. The van der Waals surface area contributed by atoms with E-state index in [1.165, 1.54) is 16.0 Å². The molecule has 1 aliphatic carbocycles. The van der Waals surface area contributed by atoms with Crippen LogP contribution in [0.25, 0.3) is 6.08 Å². The smallest absolute Gasteiger partial charge is 0.327 e. The van der Waals surface area contributed by atoms with Gasteiger partial charge in [0, 0.05) is 44.1 Å². The molecule has 0 aromatic heterocycles. The SMILES string of the molecule is CN(C)C(=O)C=Cc1cccc(CN2O[C@@H]3[C@H]4OC(c5ccccc5)(c5ccccc5)O[C@H]4[C@@H]4C[C@]3(C(=O)N[C@H](CO)CCC(=O)OC(C)(C)C)[C@@H]2C(=O)O4)c1. The van der Waals surface area contributed by atoms with E-state index >= 15 is 0 Å². The van der Waals surface area contributed by atoms with Crippen molar-refractivity contribution in [1.29, 1.82) is 0 Å². The summed E-state index contributed by atoms with van der Waals surface area (Å²) in [6.45, 7) is 4.94. The van der Waals surface area contributed by atoms with Crippen molar-refractivity contribution in [2.24, 2.45) is 5.41 Å². The number of fused-ring (bicyclic) bond motifs is 4. The van der Waals surface area contributed by atoms with E-state index in [-0.39, 0.29) is 31.7 Å². The van der Waals surface area contributed by atoms with Crippen LogP contribution in [0.3, 0.4) is 0 Å². The van der Waals surface area contributed by atoms with E-state index in [2.05, 4.69) is 5.32 Å². The third-order valence-corrected chi connectivity index (χ3v) is 10.7. The molecular formula is C43H49N3O10. The van der Waals surface area contributed by atoms with Crippen molar-refractivity contribution in [3.8, 4) is 0 Å². The number of hydroxylamine groups is 2. The van der Waals surface area contributed by atoms with Gasteiger partial charge in [-0.05, 0) is 44.4 Å². The Hall–Kier alpha value is -4.92. The van der Waals surface area contributed by atoms with Crippen LogP contribution in [0.15, 0.2) is 91.0 Å². The molecule has 4 aliphatic rings. The number of nitrogens with one attached hydrogen (secondary N) is 1. The Morgan fingerprint density at radius 1 is 0.982 bits per heavy atom. The van der Waals surface area contributed by atoms with E-state index in [4.69, 9.17) is 23.8 Å². The average Bonchev–Trinajstić information content (AvgIpc) is 3.75.